The number of ether oxygens (including phenoxy) is 1. The lowest BCUT2D eigenvalue weighted by atomic mass is 10.0. The highest BCUT2D eigenvalue weighted by atomic mass is 16.5. The van der Waals surface area contributed by atoms with E-state index in [0.717, 1.165) is 44.8 Å². The van der Waals surface area contributed by atoms with Crippen LogP contribution in [0, 0.1) is 0 Å². The van der Waals surface area contributed by atoms with Crippen molar-refractivity contribution in [3.8, 4) is 0 Å². The Morgan fingerprint density at radius 2 is 2.19 bits per heavy atom. The summed E-state index contributed by atoms with van der Waals surface area (Å²) in [6.07, 6.45) is 5.98. The van der Waals surface area contributed by atoms with Crippen LogP contribution in [-0.4, -0.2) is 63.6 Å². The lowest BCUT2D eigenvalue weighted by Gasteiger charge is -2.39. The van der Waals surface area contributed by atoms with Crippen LogP contribution in [0.3, 0.4) is 0 Å². The first kappa shape index (κ1) is 14.5. The highest BCUT2D eigenvalue weighted by Crippen LogP contribution is 2.24. The van der Waals surface area contributed by atoms with Crippen molar-refractivity contribution in [2.24, 2.45) is 7.05 Å². The van der Waals surface area contributed by atoms with Crippen LogP contribution in [0.4, 0.5) is 0 Å². The number of likely N-dealkylation sites (tertiary alicyclic amines) is 1. The Hall–Kier alpha value is -1.40. The van der Waals surface area contributed by atoms with E-state index < -0.39 is 0 Å². The molecule has 2 atom stereocenters. The predicted octanol–water partition coefficient (Wildman–Crippen LogP) is 0.632. The van der Waals surface area contributed by atoms with E-state index >= 15 is 0 Å². The van der Waals surface area contributed by atoms with Crippen LogP contribution >= 0.6 is 0 Å². The second-order valence-electron chi connectivity index (χ2n) is 6.00. The van der Waals surface area contributed by atoms with Gasteiger partial charge in [-0.15, -0.1) is 0 Å². The van der Waals surface area contributed by atoms with Gasteiger partial charge in [0.05, 0.1) is 25.3 Å². The Morgan fingerprint density at radius 1 is 1.38 bits per heavy atom. The van der Waals surface area contributed by atoms with Crippen molar-refractivity contribution < 1.29 is 9.53 Å². The summed E-state index contributed by atoms with van der Waals surface area (Å²) in [5.41, 5.74) is 0. The molecule has 2 aliphatic rings. The summed E-state index contributed by atoms with van der Waals surface area (Å²) in [4.78, 5) is 20.6. The number of hydrogen-bond acceptors (Lipinski definition) is 4. The average molecular weight is 292 g/mol. The second kappa shape index (κ2) is 6.15. The fraction of sp³-hybridized carbons (Fsp3) is 0.733. The minimum atomic E-state index is 0.172. The molecule has 0 spiro atoms. The van der Waals surface area contributed by atoms with Crippen LogP contribution in [0.25, 0.3) is 0 Å². The molecule has 2 saturated heterocycles. The monoisotopic (exact) mass is 292 g/mol. The van der Waals surface area contributed by atoms with Crippen LogP contribution in [0.2, 0.25) is 0 Å². The lowest BCUT2D eigenvalue weighted by molar-refractivity contribution is -0.144. The minimum absolute atomic E-state index is 0.172. The largest absolute Gasteiger partial charge is 0.374 e. The van der Waals surface area contributed by atoms with Crippen molar-refractivity contribution >= 4 is 5.91 Å². The second-order valence-corrected chi connectivity index (χ2v) is 6.00. The molecule has 3 rings (SSSR count). The van der Waals surface area contributed by atoms with Crippen molar-refractivity contribution in [1.29, 1.82) is 0 Å². The van der Waals surface area contributed by atoms with Gasteiger partial charge in [0.1, 0.15) is 5.82 Å². The molecule has 21 heavy (non-hydrogen) atoms. The maximum absolute atomic E-state index is 11.8. The molecule has 2 fully saturated rings. The van der Waals surface area contributed by atoms with Crippen LogP contribution in [-0.2, 0) is 23.1 Å². The molecule has 0 saturated carbocycles. The van der Waals surface area contributed by atoms with E-state index in [-0.39, 0.29) is 18.1 Å². The molecule has 3 heterocycles. The Labute approximate surface area is 125 Å². The van der Waals surface area contributed by atoms with Gasteiger partial charge in [-0.25, -0.2) is 4.98 Å². The number of fused-ring (bicyclic) bond motifs is 1. The maximum atomic E-state index is 11.8. The molecule has 1 amide bonds. The molecule has 0 N–H and O–H groups in total. The number of nitrogens with zero attached hydrogens (tertiary/aromatic N) is 4. The number of carbonyl (C=O) groups is 1. The molecule has 0 aromatic carbocycles. The van der Waals surface area contributed by atoms with E-state index in [9.17, 15) is 4.79 Å². The number of hydrogen-bond donors (Lipinski definition) is 0. The van der Waals surface area contributed by atoms with Crippen molar-refractivity contribution in [2.75, 3.05) is 26.2 Å². The zero-order valence-electron chi connectivity index (χ0n) is 12.9. The normalized spacial score (nSPS) is 27.2. The lowest BCUT2D eigenvalue weighted by Crippen LogP contribution is -2.52. The first-order valence-corrected chi connectivity index (χ1v) is 7.72. The fourth-order valence-electron chi connectivity index (χ4n) is 3.43. The molecule has 6 nitrogen and oxygen atoms in total. The van der Waals surface area contributed by atoms with Gasteiger partial charge in [0.25, 0.3) is 0 Å². The molecule has 0 unspecified atom stereocenters. The van der Waals surface area contributed by atoms with Crippen molar-refractivity contribution in [3.05, 3.63) is 18.2 Å². The number of aromatic nitrogens is 2. The summed E-state index contributed by atoms with van der Waals surface area (Å²) in [5.74, 6) is 1.26. The quantitative estimate of drug-likeness (QED) is 0.802. The molecule has 0 radical (unpaired) electrons. The van der Waals surface area contributed by atoms with Gasteiger partial charge in [-0.05, 0) is 12.8 Å². The van der Waals surface area contributed by atoms with Gasteiger partial charge >= 0.3 is 0 Å². The summed E-state index contributed by atoms with van der Waals surface area (Å²) in [6, 6.07) is 0.239. The summed E-state index contributed by atoms with van der Waals surface area (Å²) in [7, 11) is 2.03. The highest BCUT2D eigenvalue weighted by Gasteiger charge is 2.35. The first-order valence-electron chi connectivity index (χ1n) is 7.72. The van der Waals surface area contributed by atoms with E-state index in [1.807, 2.05) is 24.3 Å². The highest BCUT2D eigenvalue weighted by molar-refractivity contribution is 5.73. The number of amides is 1. The Kier molecular flexibility index (Phi) is 4.26. The molecular weight excluding hydrogens is 268 g/mol. The molecule has 1 aromatic heterocycles. The third kappa shape index (κ3) is 3.11. The van der Waals surface area contributed by atoms with Gasteiger partial charge in [0.15, 0.2) is 0 Å². The van der Waals surface area contributed by atoms with Crippen molar-refractivity contribution in [3.63, 3.8) is 0 Å². The molecule has 116 valence electrons. The van der Waals surface area contributed by atoms with Gasteiger partial charge in [0, 0.05) is 46.0 Å². The molecule has 0 bridgehead atoms. The van der Waals surface area contributed by atoms with Crippen molar-refractivity contribution in [1.82, 2.24) is 19.4 Å². The standard InChI is InChI=1S/C15H24N4O2/c1-12(20)19-9-10-21-14-4-7-18(6-3-13(14)19)11-15-16-5-8-17(15)2/h5,8,13-14H,3-4,6-7,9-11H2,1-2H3/t13-,14-/m1/s1. The van der Waals surface area contributed by atoms with Crippen LogP contribution in [0.15, 0.2) is 12.4 Å². The molecule has 0 aliphatic carbocycles. The average Bonchev–Trinajstić information content (AvgIpc) is 2.75. The van der Waals surface area contributed by atoms with Gasteiger partial charge in [-0.1, -0.05) is 0 Å². The molecule has 1 aromatic rings. The van der Waals surface area contributed by atoms with Crippen LogP contribution < -0.4 is 0 Å². The van der Waals surface area contributed by atoms with Gasteiger partial charge in [-0.3, -0.25) is 9.69 Å². The zero-order chi connectivity index (χ0) is 14.8. The Balaban J connectivity index is 1.65. The summed E-state index contributed by atoms with van der Waals surface area (Å²) in [6.45, 7) is 5.92. The summed E-state index contributed by atoms with van der Waals surface area (Å²) < 4.78 is 7.97. The topological polar surface area (TPSA) is 50.6 Å². The zero-order valence-corrected chi connectivity index (χ0v) is 12.9. The third-order valence-corrected chi connectivity index (χ3v) is 4.66. The molecular formula is C15H24N4O2. The number of morpholine rings is 1. The van der Waals surface area contributed by atoms with E-state index in [1.165, 1.54) is 0 Å². The van der Waals surface area contributed by atoms with E-state index in [2.05, 4.69) is 14.5 Å². The SMILES string of the molecule is CC(=O)N1CCO[C@@H]2CCN(Cc3nccn3C)CC[C@H]21. The summed E-state index contributed by atoms with van der Waals surface area (Å²) in [5, 5.41) is 0. The maximum Gasteiger partial charge on any atom is 0.219 e. The predicted molar refractivity (Wildman–Crippen MR) is 78.6 cm³/mol. The Morgan fingerprint density at radius 3 is 2.90 bits per heavy atom. The molecule has 6 heteroatoms. The molecule has 2 aliphatic heterocycles. The van der Waals surface area contributed by atoms with Gasteiger partial charge < -0.3 is 14.2 Å². The number of carbonyl (C=O) groups excluding carboxylic acids is 1. The fourth-order valence-corrected chi connectivity index (χ4v) is 3.43. The van der Waals surface area contributed by atoms with Crippen LogP contribution in [0.1, 0.15) is 25.6 Å². The number of aryl methyl sites for hydroxylation is 1. The summed E-state index contributed by atoms with van der Waals surface area (Å²) >= 11 is 0. The van der Waals surface area contributed by atoms with E-state index in [1.54, 1.807) is 6.92 Å². The van der Waals surface area contributed by atoms with Crippen molar-refractivity contribution in [2.45, 2.75) is 38.5 Å². The third-order valence-electron chi connectivity index (χ3n) is 4.66. The smallest absolute Gasteiger partial charge is 0.219 e. The van der Waals surface area contributed by atoms with Gasteiger partial charge in [0.2, 0.25) is 5.91 Å². The first-order chi connectivity index (χ1) is 10.1. The Bertz CT molecular complexity index is 502. The number of imidazole rings is 1. The van der Waals surface area contributed by atoms with Gasteiger partial charge in [-0.2, -0.15) is 0 Å². The number of rotatable bonds is 2. The van der Waals surface area contributed by atoms with E-state index in [4.69, 9.17) is 4.74 Å². The van der Waals surface area contributed by atoms with Crippen LogP contribution in [0.5, 0.6) is 0 Å². The minimum Gasteiger partial charge on any atom is -0.374 e. The van der Waals surface area contributed by atoms with E-state index in [0.29, 0.717) is 6.61 Å².